The van der Waals surface area contributed by atoms with Gasteiger partial charge in [-0.1, -0.05) is 42.5 Å². The lowest BCUT2D eigenvalue weighted by molar-refractivity contribution is 0.697. The van der Waals surface area contributed by atoms with Gasteiger partial charge < -0.3 is 5.32 Å². The number of thiophene rings is 1. The summed E-state index contributed by atoms with van der Waals surface area (Å²) in [6.45, 7) is 7.07. The maximum absolute atomic E-state index is 13.3. The molecule has 1 aliphatic rings. The van der Waals surface area contributed by atoms with Gasteiger partial charge in [-0.05, 0) is 43.7 Å². The van der Waals surface area contributed by atoms with Crippen molar-refractivity contribution in [2.24, 2.45) is 0 Å². The second-order valence-corrected chi connectivity index (χ2v) is 8.10. The minimum Gasteiger partial charge on any atom is -0.351 e. The molecule has 3 aromatic rings. The van der Waals surface area contributed by atoms with Crippen molar-refractivity contribution in [1.82, 2.24) is 9.55 Å². The molecule has 0 atom stereocenters. The predicted octanol–water partition coefficient (Wildman–Crippen LogP) is 4.53. The zero-order valence-electron chi connectivity index (χ0n) is 15.0. The fourth-order valence-electron chi connectivity index (χ4n) is 3.57. The van der Waals surface area contributed by atoms with Gasteiger partial charge in [0.2, 0.25) is 5.95 Å². The first kappa shape index (κ1) is 17.0. The van der Waals surface area contributed by atoms with E-state index in [0.717, 1.165) is 40.6 Å². The van der Waals surface area contributed by atoms with Gasteiger partial charge in [-0.2, -0.15) is 0 Å². The molecule has 5 heteroatoms. The van der Waals surface area contributed by atoms with Crippen LogP contribution in [0.25, 0.3) is 10.2 Å². The van der Waals surface area contributed by atoms with Gasteiger partial charge in [0.25, 0.3) is 5.56 Å². The molecule has 134 valence electrons. The van der Waals surface area contributed by atoms with Crippen molar-refractivity contribution in [2.75, 3.05) is 5.32 Å². The SMILES string of the molecule is C=C(C)Cn1c(NCc2ccccc2)nc2sc3c(c2c1=O)CCCC3. The molecular formula is C21H23N3OS. The van der Waals surface area contributed by atoms with E-state index < -0.39 is 0 Å². The van der Waals surface area contributed by atoms with E-state index in [4.69, 9.17) is 4.98 Å². The summed E-state index contributed by atoms with van der Waals surface area (Å²) < 4.78 is 1.75. The molecule has 1 aromatic carbocycles. The Balaban J connectivity index is 1.79. The fraction of sp³-hybridized carbons (Fsp3) is 0.333. The third kappa shape index (κ3) is 3.19. The number of rotatable bonds is 5. The van der Waals surface area contributed by atoms with Gasteiger partial charge in [0.15, 0.2) is 0 Å². The second-order valence-electron chi connectivity index (χ2n) is 7.01. The predicted molar refractivity (Wildman–Crippen MR) is 109 cm³/mol. The molecule has 0 amide bonds. The van der Waals surface area contributed by atoms with E-state index in [9.17, 15) is 4.79 Å². The molecule has 0 radical (unpaired) electrons. The van der Waals surface area contributed by atoms with Gasteiger partial charge in [0.05, 0.1) is 5.39 Å². The van der Waals surface area contributed by atoms with Crippen LogP contribution in [0.4, 0.5) is 5.95 Å². The van der Waals surface area contributed by atoms with Crippen molar-refractivity contribution in [3.63, 3.8) is 0 Å². The number of aromatic nitrogens is 2. The Morgan fingerprint density at radius 3 is 2.81 bits per heavy atom. The van der Waals surface area contributed by atoms with Crippen LogP contribution in [0.3, 0.4) is 0 Å². The van der Waals surface area contributed by atoms with Crippen molar-refractivity contribution in [3.8, 4) is 0 Å². The van der Waals surface area contributed by atoms with Gasteiger partial charge in [0.1, 0.15) is 4.83 Å². The molecule has 0 saturated carbocycles. The third-order valence-corrected chi connectivity index (χ3v) is 5.98. The Kier molecular flexibility index (Phi) is 4.64. The van der Waals surface area contributed by atoms with Crippen LogP contribution in [0.1, 0.15) is 35.8 Å². The van der Waals surface area contributed by atoms with Crippen molar-refractivity contribution < 1.29 is 0 Å². The topological polar surface area (TPSA) is 46.9 Å². The van der Waals surface area contributed by atoms with Gasteiger partial charge in [-0.25, -0.2) is 4.98 Å². The number of allylic oxidation sites excluding steroid dienone is 1. The molecule has 4 nitrogen and oxygen atoms in total. The highest BCUT2D eigenvalue weighted by Gasteiger charge is 2.22. The van der Waals surface area contributed by atoms with E-state index >= 15 is 0 Å². The summed E-state index contributed by atoms with van der Waals surface area (Å²) in [7, 11) is 0. The largest absolute Gasteiger partial charge is 0.351 e. The van der Waals surface area contributed by atoms with Crippen LogP contribution < -0.4 is 10.9 Å². The summed E-state index contributed by atoms with van der Waals surface area (Å²) in [6, 6.07) is 10.2. The van der Waals surface area contributed by atoms with E-state index in [2.05, 4.69) is 24.0 Å². The second kappa shape index (κ2) is 7.08. The lowest BCUT2D eigenvalue weighted by Crippen LogP contribution is -2.26. The molecular weight excluding hydrogens is 342 g/mol. The van der Waals surface area contributed by atoms with Crippen molar-refractivity contribution in [3.05, 3.63) is 68.8 Å². The number of anilines is 1. The number of aryl methyl sites for hydroxylation is 2. The quantitative estimate of drug-likeness (QED) is 0.676. The Bertz CT molecular complexity index is 1020. The smallest absolute Gasteiger partial charge is 0.264 e. The number of nitrogens with zero attached hydrogens (tertiary/aromatic N) is 2. The molecule has 1 N–H and O–H groups in total. The van der Waals surface area contributed by atoms with E-state index in [-0.39, 0.29) is 5.56 Å². The van der Waals surface area contributed by atoms with Crippen LogP contribution in [0.2, 0.25) is 0 Å². The number of nitrogens with one attached hydrogen (secondary N) is 1. The third-order valence-electron chi connectivity index (χ3n) is 4.80. The monoisotopic (exact) mass is 365 g/mol. The molecule has 0 spiro atoms. The fourth-order valence-corrected chi connectivity index (χ4v) is 4.82. The van der Waals surface area contributed by atoms with Crippen LogP contribution in [0.5, 0.6) is 0 Å². The molecule has 0 unspecified atom stereocenters. The van der Waals surface area contributed by atoms with Crippen LogP contribution in [-0.2, 0) is 25.9 Å². The first-order valence-electron chi connectivity index (χ1n) is 9.11. The van der Waals surface area contributed by atoms with Gasteiger partial charge in [0, 0.05) is 18.0 Å². The molecule has 4 rings (SSSR count). The molecule has 2 aromatic heterocycles. The Hall–Kier alpha value is -2.40. The maximum atomic E-state index is 13.3. The summed E-state index contributed by atoms with van der Waals surface area (Å²) in [5.74, 6) is 0.632. The lowest BCUT2D eigenvalue weighted by atomic mass is 9.97. The molecule has 0 bridgehead atoms. The number of hydrogen-bond acceptors (Lipinski definition) is 4. The van der Waals surface area contributed by atoms with E-state index in [1.165, 1.54) is 16.9 Å². The highest BCUT2D eigenvalue weighted by molar-refractivity contribution is 7.18. The number of fused-ring (bicyclic) bond motifs is 3. The molecule has 26 heavy (non-hydrogen) atoms. The Labute approximate surface area is 157 Å². The first-order chi connectivity index (χ1) is 12.6. The average molecular weight is 366 g/mol. The standard InChI is InChI=1S/C21H23N3OS/c1-14(2)13-24-20(25)18-16-10-6-7-11-17(16)26-19(18)23-21(24)22-12-15-8-4-3-5-9-15/h3-5,8-9H,1,6-7,10-13H2,2H3,(H,22,23). The Morgan fingerprint density at radius 1 is 1.27 bits per heavy atom. The summed E-state index contributed by atoms with van der Waals surface area (Å²) in [4.78, 5) is 20.3. The van der Waals surface area contributed by atoms with Crippen molar-refractivity contribution in [1.29, 1.82) is 0 Å². The highest BCUT2D eigenvalue weighted by atomic mass is 32.1. The first-order valence-corrected chi connectivity index (χ1v) is 9.92. The van der Waals surface area contributed by atoms with Crippen LogP contribution in [0.15, 0.2) is 47.3 Å². The number of hydrogen-bond donors (Lipinski definition) is 1. The van der Waals surface area contributed by atoms with E-state index in [1.54, 1.807) is 15.9 Å². The zero-order valence-corrected chi connectivity index (χ0v) is 15.9. The van der Waals surface area contributed by atoms with Gasteiger partial charge in [-0.3, -0.25) is 9.36 Å². The van der Waals surface area contributed by atoms with Crippen LogP contribution >= 0.6 is 11.3 Å². The summed E-state index contributed by atoms with van der Waals surface area (Å²) in [5.41, 5.74) is 3.40. The minimum absolute atomic E-state index is 0.0629. The lowest BCUT2D eigenvalue weighted by Gasteiger charge is -2.15. The minimum atomic E-state index is 0.0629. The summed E-state index contributed by atoms with van der Waals surface area (Å²) >= 11 is 1.69. The normalized spacial score (nSPS) is 13.6. The molecule has 0 fully saturated rings. The molecule has 0 aliphatic heterocycles. The molecule has 0 saturated heterocycles. The van der Waals surface area contributed by atoms with Crippen LogP contribution in [-0.4, -0.2) is 9.55 Å². The maximum Gasteiger partial charge on any atom is 0.264 e. The summed E-state index contributed by atoms with van der Waals surface area (Å²) in [5, 5.41) is 4.20. The van der Waals surface area contributed by atoms with Crippen molar-refractivity contribution >= 4 is 27.5 Å². The molecule has 1 aliphatic carbocycles. The van der Waals surface area contributed by atoms with Gasteiger partial charge in [-0.15, -0.1) is 11.3 Å². The average Bonchev–Trinajstić information content (AvgIpc) is 3.01. The van der Waals surface area contributed by atoms with E-state index in [0.29, 0.717) is 19.0 Å². The Morgan fingerprint density at radius 2 is 2.04 bits per heavy atom. The van der Waals surface area contributed by atoms with Crippen LogP contribution in [0, 0.1) is 0 Å². The number of benzene rings is 1. The summed E-state index contributed by atoms with van der Waals surface area (Å²) in [6.07, 6.45) is 4.44. The van der Waals surface area contributed by atoms with E-state index in [1.807, 2.05) is 25.1 Å². The van der Waals surface area contributed by atoms with Gasteiger partial charge >= 0.3 is 0 Å². The highest BCUT2D eigenvalue weighted by Crippen LogP contribution is 2.34. The zero-order chi connectivity index (χ0) is 18.1. The molecule has 2 heterocycles. The van der Waals surface area contributed by atoms with Crippen molar-refractivity contribution in [2.45, 2.75) is 45.7 Å².